The lowest BCUT2D eigenvalue weighted by atomic mass is 9.99. The topological polar surface area (TPSA) is 21.3 Å². The summed E-state index contributed by atoms with van der Waals surface area (Å²) in [5.74, 6) is 0.728. The van der Waals surface area contributed by atoms with Crippen LogP contribution in [0.4, 0.5) is 13.2 Å². The van der Waals surface area contributed by atoms with Crippen molar-refractivity contribution in [3.05, 3.63) is 42.0 Å². The second kappa shape index (κ2) is 5.71. The Labute approximate surface area is 115 Å². The molecule has 2 rings (SSSR count). The van der Waals surface area contributed by atoms with Gasteiger partial charge in [-0.1, -0.05) is 18.2 Å². The minimum absolute atomic E-state index is 0.627. The lowest BCUT2D eigenvalue weighted by Crippen LogP contribution is -2.23. The molecule has 0 radical (unpaired) electrons. The summed E-state index contributed by atoms with van der Waals surface area (Å²) in [5.41, 5.74) is 0.627. The van der Waals surface area contributed by atoms with Crippen molar-refractivity contribution in [1.29, 1.82) is 0 Å². The first-order valence-electron chi connectivity index (χ1n) is 6.24. The summed E-state index contributed by atoms with van der Waals surface area (Å²) in [6, 6.07) is 10.1. The highest BCUT2D eigenvalue weighted by Crippen LogP contribution is 2.31. The lowest BCUT2D eigenvalue weighted by molar-refractivity contribution is -0.140. The lowest BCUT2D eigenvalue weighted by Gasteiger charge is -2.19. The first-order valence-corrected chi connectivity index (χ1v) is 6.24. The van der Waals surface area contributed by atoms with Crippen molar-refractivity contribution < 1.29 is 17.9 Å². The van der Waals surface area contributed by atoms with Crippen LogP contribution in [0.5, 0.6) is 5.75 Å². The molecule has 0 aliphatic carbocycles. The third-order valence-corrected chi connectivity index (χ3v) is 3.26. The highest BCUT2D eigenvalue weighted by Gasteiger charge is 2.31. The van der Waals surface area contributed by atoms with E-state index < -0.39 is 18.6 Å². The fraction of sp³-hybridized carbons (Fsp3) is 0.333. The van der Waals surface area contributed by atoms with Crippen LogP contribution in [0, 0.1) is 0 Å². The Bertz CT molecular complexity index is 595. The van der Waals surface area contributed by atoms with E-state index in [0.717, 1.165) is 16.5 Å². The van der Waals surface area contributed by atoms with Crippen LogP contribution in [-0.4, -0.2) is 20.3 Å². The van der Waals surface area contributed by atoms with Crippen LogP contribution in [0.2, 0.25) is 0 Å². The minimum Gasteiger partial charge on any atom is -0.497 e. The molecule has 5 heteroatoms. The van der Waals surface area contributed by atoms with Crippen molar-refractivity contribution in [3.8, 4) is 5.75 Å². The molecule has 0 aromatic heterocycles. The average molecular weight is 283 g/mol. The predicted octanol–water partition coefficient (Wildman–Crippen LogP) is 4.06. The van der Waals surface area contributed by atoms with Gasteiger partial charge in [-0.2, -0.15) is 13.2 Å². The van der Waals surface area contributed by atoms with Gasteiger partial charge in [-0.15, -0.1) is 0 Å². The molecule has 20 heavy (non-hydrogen) atoms. The molecule has 0 amide bonds. The van der Waals surface area contributed by atoms with Gasteiger partial charge in [0.25, 0.3) is 0 Å². The summed E-state index contributed by atoms with van der Waals surface area (Å²) in [4.78, 5) is 0. The highest BCUT2D eigenvalue weighted by atomic mass is 19.4. The number of hydrogen-bond acceptors (Lipinski definition) is 2. The van der Waals surface area contributed by atoms with Gasteiger partial charge in [-0.25, -0.2) is 0 Å². The SMILES string of the molecule is CNC(CC(F)(F)F)c1ccc2cc(OC)ccc2c1. The van der Waals surface area contributed by atoms with E-state index in [2.05, 4.69) is 5.32 Å². The number of methoxy groups -OCH3 is 1. The average Bonchev–Trinajstić information content (AvgIpc) is 2.42. The molecule has 0 saturated carbocycles. The smallest absolute Gasteiger partial charge is 0.390 e. The Balaban J connectivity index is 2.35. The van der Waals surface area contributed by atoms with Crippen LogP contribution in [0.3, 0.4) is 0 Å². The molecule has 1 atom stereocenters. The molecule has 0 saturated heterocycles. The van der Waals surface area contributed by atoms with Crippen LogP contribution in [0.25, 0.3) is 10.8 Å². The Morgan fingerprint density at radius 2 is 1.75 bits per heavy atom. The zero-order valence-electron chi connectivity index (χ0n) is 11.3. The van der Waals surface area contributed by atoms with Gasteiger partial charge < -0.3 is 10.1 Å². The maximum Gasteiger partial charge on any atom is 0.390 e. The number of nitrogens with one attached hydrogen (secondary N) is 1. The molecular weight excluding hydrogens is 267 g/mol. The zero-order valence-corrected chi connectivity index (χ0v) is 11.3. The molecule has 0 aliphatic heterocycles. The van der Waals surface area contributed by atoms with Crippen molar-refractivity contribution in [3.63, 3.8) is 0 Å². The number of alkyl halides is 3. The third kappa shape index (κ3) is 3.42. The molecule has 1 unspecified atom stereocenters. The molecule has 0 aliphatic rings. The second-order valence-electron chi connectivity index (χ2n) is 4.63. The van der Waals surface area contributed by atoms with Crippen LogP contribution in [0.1, 0.15) is 18.0 Å². The molecule has 0 fully saturated rings. The Hall–Kier alpha value is -1.75. The number of rotatable bonds is 4. The standard InChI is InChI=1S/C15H16F3NO/c1-19-14(9-15(16,17)18)12-4-3-11-8-13(20-2)6-5-10(11)7-12/h3-8,14,19H,9H2,1-2H3. The number of hydrogen-bond donors (Lipinski definition) is 1. The Morgan fingerprint density at radius 3 is 2.35 bits per heavy atom. The summed E-state index contributed by atoms with van der Waals surface area (Å²) >= 11 is 0. The Morgan fingerprint density at radius 1 is 1.10 bits per heavy atom. The van der Waals surface area contributed by atoms with Crippen LogP contribution >= 0.6 is 0 Å². The second-order valence-corrected chi connectivity index (χ2v) is 4.63. The van der Waals surface area contributed by atoms with Gasteiger partial charge in [-0.05, 0) is 41.6 Å². The molecule has 0 bridgehead atoms. The number of fused-ring (bicyclic) bond motifs is 1. The quantitative estimate of drug-likeness (QED) is 0.913. The number of benzene rings is 2. The minimum atomic E-state index is -4.19. The fourth-order valence-corrected chi connectivity index (χ4v) is 2.20. The van der Waals surface area contributed by atoms with Crippen molar-refractivity contribution >= 4 is 10.8 Å². The van der Waals surface area contributed by atoms with Gasteiger partial charge in [0.15, 0.2) is 0 Å². The largest absolute Gasteiger partial charge is 0.497 e. The van der Waals surface area contributed by atoms with E-state index >= 15 is 0 Å². The van der Waals surface area contributed by atoms with Crippen molar-refractivity contribution in [1.82, 2.24) is 5.32 Å². The van der Waals surface area contributed by atoms with E-state index in [4.69, 9.17) is 4.74 Å². The monoisotopic (exact) mass is 283 g/mol. The van der Waals surface area contributed by atoms with E-state index in [9.17, 15) is 13.2 Å². The Kier molecular flexibility index (Phi) is 4.18. The first-order chi connectivity index (χ1) is 9.43. The van der Waals surface area contributed by atoms with Gasteiger partial charge in [0.2, 0.25) is 0 Å². The molecule has 1 N–H and O–H groups in total. The van der Waals surface area contributed by atoms with Gasteiger partial charge in [0.05, 0.1) is 13.5 Å². The molecule has 0 heterocycles. The number of ether oxygens (including phenoxy) is 1. The van der Waals surface area contributed by atoms with Gasteiger partial charge in [0.1, 0.15) is 5.75 Å². The van der Waals surface area contributed by atoms with E-state index in [1.165, 1.54) is 7.05 Å². The fourth-order valence-electron chi connectivity index (χ4n) is 2.20. The van der Waals surface area contributed by atoms with Gasteiger partial charge in [-0.3, -0.25) is 0 Å². The van der Waals surface area contributed by atoms with E-state index in [0.29, 0.717) is 5.56 Å². The van der Waals surface area contributed by atoms with Crippen molar-refractivity contribution in [2.75, 3.05) is 14.2 Å². The first kappa shape index (κ1) is 14.7. The summed E-state index contributed by atoms with van der Waals surface area (Å²) < 4.78 is 42.7. The molecule has 2 nitrogen and oxygen atoms in total. The van der Waals surface area contributed by atoms with Crippen LogP contribution in [0.15, 0.2) is 36.4 Å². The summed E-state index contributed by atoms with van der Waals surface area (Å²) in [5, 5.41) is 4.55. The maximum absolute atomic E-state index is 12.5. The summed E-state index contributed by atoms with van der Waals surface area (Å²) in [6.45, 7) is 0. The molecule has 0 spiro atoms. The van der Waals surface area contributed by atoms with Crippen LogP contribution < -0.4 is 10.1 Å². The van der Waals surface area contributed by atoms with E-state index in [1.54, 1.807) is 25.3 Å². The maximum atomic E-state index is 12.5. The van der Waals surface area contributed by atoms with E-state index in [1.807, 2.05) is 18.2 Å². The zero-order chi connectivity index (χ0) is 14.8. The van der Waals surface area contributed by atoms with Crippen molar-refractivity contribution in [2.24, 2.45) is 0 Å². The number of halogens is 3. The molecule has 108 valence electrons. The molecule has 2 aromatic carbocycles. The van der Waals surface area contributed by atoms with Crippen molar-refractivity contribution in [2.45, 2.75) is 18.6 Å². The normalized spacial score (nSPS) is 13.4. The predicted molar refractivity (Wildman–Crippen MR) is 73.0 cm³/mol. The summed E-state index contributed by atoms with van der Waals surface area (Å²) in [6.07, 6.45) is -5.08. The van der Waals surface area contributed by atoms with Crippen LogP contribution in [-0.2, 0) is 0 Å². The van der Waals surface area contributed by atoms with Gasteiger partial charge >= 0.3 is 6.18 Å². The summed E-state index contributed by atoms with van der Waals surface area (Å²) in [7, 11) is 3.12. The molecule has 2 aromatic rings. The molecular formula is C15H16F3NO. The van der Waals surface area contributed by atoms with E-state index in [-0.39, 0.29) is 0 Å². The van der Waals surface area contributed by atoms with Gasteiger partial charge in [0, 0.05) is 6.04 Å². The highest BCUT2D eigenvalue weighted by molar-refractivity contribution is 5.84. The third-order valence-electron chi connectivity index (χ3n) is 3.26.